The molecule has 3 amide bonds. The Morgan fingerprint density at radius 2 is 1.76 bits per heavy atom. The Balaban J connectivity index is 1.68. The van der Waals surface area contributed by atoms with Crippen LogP contribution in [-0.4, -0.2) is 58.4 Å². The fraction of sp³-hybridized carbons (Fsp3) is 0.581. The van der Waals surface area contributed by atoms with Crippen LogP contribution >= 0.6 is 0 Å². The number of carbonyl (C=O) groups is 4. The van der Waals surface area contributed by atoms with Crippen molar-refractivity contribution in [2.75, 3.05) is 6.54 Å². The highest BCUT2D eigenvalue weighted by molar-refractivity contribution is 5.91. The van der Waals surface area contributed by atoms with Crippen LogP contribution in [0.3, 0.4) is 0 Å². The summed E-state index contributed by atoms with van der Waals surface area (Å²) >= 11 is 0. The number of aryl methyl sites for hydroxylation is 1. The normalized spacial score (nSPS) is 28.8. The van der Waals surface area contributed by atoms with Crippen LogP contribution < -0.4 is 16.1 Å². The van der Waals surface area contributed by atoms with Gasteiger partial charge in [0.15, 0.2) is 6.10 Å². The molecule has 2 aromatic rings. The summed E-state index contributed by atoms with van der Waals surface area (Å²) in [6.07, 6.45) is 1.85. The van der Waals surface area contributed by atoms with Crippen molar-refractivity contribution in [3.05, 3.63) is 41.6 Å². The van der Waals surface area contributed by atoms with Crippen LogP contribution in [0.15, 0.2) is 30.3 Å². The minimum absolute atomic E-state index is 0.223. The number of fused-ring (bicyclic) bond motifs is 4. The Kier molecular flexibility index (Phi) is 9.31. The summed E-state index contributed by atoms with van der Waals surface area (Å²) in [5, 5.41) is 8.14. The number of nitrogens with zero attached hydrogens (tertiary/aromatic N) is 2. The molecule has 5 atom stereocenters. The van der Waals surface area contributed by atoms with E-state index >= 15 is 0 Å². The zero-order chi connectivity index (χ0) is 29.9. The molecule has 1 aromatic carbocycles. The maximum absolute atomic E-state index is 13.5. The largest absolute Gasteiger partial charge is 0.452 e. The predicted molar refractivity (Wildman–Crippen MR) is 155 cm³/mol. The average molecular weight is 566 g/mol. The van der Waals surface area contributed by atoms with Crippen molar-refractivity contribution in [2.45, 2.75) is 97.9 Å². The van der Waals surface area contributed by atoms with Crippen LogP contribution in [0, 0.1) is 11.3 Å². The second kappa shape index (κ2) is 12.5. The van der Waals surface area contributed by atoms with Crippen molar-refractivity contribution in [1.29, 1.82) is 0 Å². The average Bonchev–Trinajstić information content (AvgIpc) is 2.96. The number of esters is 1. The Labute approximate surface area is 241 Å². The van der Waals surface area contributed by atoms with E-state index in [2.05, 4.69) is 16.1 Å². The summed E-state index contributed by atoms with van der Waals surface area (Å²) < 4.78 is 5.84. The molecule has 0 spiro atoms. The highest BCUT2D eigenvalue weighted by Gasteiger charge is 2.38. The third-order valence-electron chi connectivity index (χ3n) is 8.41. The topological polar surface area (TPSA) is 130 Å². The van der Waals surface area contributed by atoms with Crippen molar-refractivity contribution >= 4 is 34.6 Å². The maximum Gasteiger partial charge on any atom is 0.312 e. The number of benzene rings is 1. The number of rotatable bonds is 2. The molecule has 2 aliphatic rings. The lowest BCUT2D eigenvalue weighted by atomic mass is 9.81. The molecule has 10 heteroatoms. The number of hydrogen-bond acceptors (Lipinski definition) is 7. The van der Waals surface area contributed by atoms with Crippen LogP contribution in [0.2, 0.25) is 0 Å². The van der Waals surface area contributed by atoms with E-state index in [-0.39, 0.29) is 23.8 Å². The van der Waals surface area contributed by atoms with Gasteiger partial charge in [-0.25, -0.2) is 5.43 Å². The molecule has 0 unspecified atom stereocenters. The van der Waals surface area contributed by atoms with Gasteiger partial charge in [0.25, 0.3) is 11.8 Å². The number of aromatic nitrogens is 1. The van der Waals surface area contributed by atoms with Gasteiger partial charge in [0, 0.05) is 11.9 Å². The second-order valence-corrected chi connectivity index (χ2v) is 12.0. The summed E-state index contributed by atoms with van der Waals surface area (Å²) in [6, 6.07) is 8.14. The number of amides is 3. The summed E-state index contributed by atoms with van der Waals surface area (Å²) in [5.74, 6) is -1.84. The highest BCUT2D eigenvalue weighted by atomic mass is 16.5. The lowest BCUT2D eigenvalue weighted by molar-refractivity contribution is -0.169. The quantitative estimate of drug-likeness (QED) is 0.476. The van der Waals surface area contributed by atoms with Gasteiger partial charge in [-0.05, 0) is 76.5 Å². The molecule has 2 aliphatic heterocycles. The Morgan fingerprint density at radius 1 is 1.05 bits per heavy atom. The number of carbonyl (C=O) groups excluding carboxylic acids is 4. The van der Waals surface area contributed by atoms with Gasteiger partial charge < -0.3 is 15.4 Å². The summed E-state index contributed by atoms with van der Waals surface area (Å²) in [7, 11) is 0. The van der Waals surface area contributed by atoms with Crippen LogP contribution in [-0.2, 0) is 30.3 Å². The van der Waals surface area contributed by atoms with Crippen molar-refractivity contribution in [3.63, 3.8) is 0 Å². The minimum atomic E-state index is -1.05. The molecule has 222 valence electrons. The highest BCUT2D eigenvalue weighted by Crippen LogP contribution is 2.31. The minimum Gasteiger partial charge on any atom is -0.452 e. The van der Waals surface area contributed by atoms with E-state index in [1.54, 1.807) is 6.92 Å². The first kappa shape index (κ1) is 30.4. The molecule has 3 N–H and O–H groups in total. The van der Waals surface area contributed by atoms with Crippen molar-refractivity contribution in [2.24, 2.45) is 11.3 Å². The van der Waals surface area contributed by atoms with E-state index in [0.717, 1.165) is 22.2 Å². The standard InChI is InChI=1S/C31H43N5O5/c1-7-31(6)15-14-21-10-11-22-12-13-23(34-25(22)17-21)19(4)32-27(37)24-9-8-16-36(35-24)29(39)20(5)33-28(38)26(18(2)3)41-30(31)40/h10-13,17-20,24,26,35H,7-9,14-16H2,1-6H3,(H,32,37)(H,33,38)/t19-,20+,24+,26+,31+/m1/s1. The molecule has 3 heterocycles. The zero-order valence-corrected chi connectivity index (χ0v) is 25.0. The smallest absolute Gasteiger partial charge is 0.312 e. The van der Waals surface area contributed by atoms with E-state index in [1.165, 1.54) is 5.01 Å². The van der Waals surface area contributed by atoms with Crippen LogP contribution in [0.4, 0.5) is 0 Å². The van der Waals surface area contributed by atoms with Crippen LogP contribution in [0.1, 0.15) is 84.5 Å². The molecule has 0 radical (unpaired) electrons. The van der Waals surface area contributed by atoms with Gasteiger partial charge in [0.05, 0.1) is 22.7 Å². The summed E-state index contributed by atoms with van der Waals surface area (Å²) in [4.78, 5) is 58.0. The molecule has 5 bridgehead atoms. The fourth-order valence-corrected chi connectivity index (χ4v) is 5.28. The Hall–Kier alpha value is -3.53. The van der Waals surface area contributed by atoms with Gasteiger partial charge in [0.2, 0.25) is 5.91 Å². The van der Waals surface area contributed by atoms with Crippen molar-refractivity contribution in [1.82, 2.24) is 26.1 Å². The number of hydrazine groups is 1. The van der Waals surface area contributed by atoms with E-state index in [1.807, 2.05) is 65.0 Å². The van der Waals surface area contributed by atoms with E-state index in [9.17, 15) is 19.2 Å². The number of pyridine rings is 1. The van der Waals surface area contributed by atoms with E-state index in [4.69, 9.17) is 9.72 Å². The molecule has 1 saturated heterocycles. The zero-order valence-electron chi connectivity index (χ0n) is 25.0. The SMILES string of the molecule is CC[C@@]1(C)CCc2ccc3ccc(nc3c2)[C@@H](C)NC(=O)[C@@H]2CCCN(N2)C(=O)[C@H](C)NC(=O)[C@H](C(C)C)OC1=O. The van der Waals surface area contributed by atoms with Gasteiger partial charge >= 0.3 is 5.97 Å². The number of hydrogen-bond donors (Lipinski definition) is 3. The lowest BCUT2D eigenvalue weighted by Crippen LogP contribution is -2.61. The van der Waals surface area contributed by atoms with E-state index < -0.39 is 35.5 Å². The number of cyclic esters (lactones) is 1. The molecular weight excluding hydrogens is 522 g/mol. The van der Waals surface area contributed by atoms with Gasteiger partial charge in [0.1, 0.15) is 12.1 Å². The molecule has 4 rings (SSSR count). The third-order valence-corrected chi connectivity index (χ3v) is 8.41. The Morgan fingerprint density at radius 3 is 2.46 bits per heavy atom. The van der Waals surface area contributed by atoms with Gasteiger partial charge in [-0.3, -0.25) is 29.2 Å². The first-order valence-electron chi connectivity index (χ1n) is 14.7. The molecule has 1 fully saturated rings. The molecule has 1 aromatic heterocycles. The fourth-order valence-electron chi connectivity index (χ4n) is 5.28. The molecule has 0 aliphatic carbocycles. The summed E-state index contributed by atoms with van der Waals surface area (Å²) in [5.41, 5.74) is 4.81. The molecule has 41 heavy (non-hydrogen) atoms. The number of nitrogens with one attached hydrogen (secondary N) is 3. The van der Waals surface area contributed by atoms with Crippen molar-refractivity contribution < 1.29 is 23.9 Å². The van der Waals surface area contributed by atoms with Crippen LogP contribution in [0.25, 0.3) is 10.9 Å². The second-order valence-electron chi connectivity index (χ2n) is 12.0. The lowest BCUT2D eigenvalue weighted by Gasteiger charge is -2.35. The van der Waals surface area contributed by atoms with Gasteiger partial charge in [-0.15, -0.1) is 0 Å². The molecular formula is C31H43N5O5. The maximum atomic E-state index is 13.5. The monoisotopic (exact) mass is 565 g/mol. The van der Waals surface area contributed by atoms with Crippen LogP contribution in [0.5, 0.6) is 0 Å². The predicted octanol–water partition coefficient (Wildman–Crippen LogP) is 3.34. The van der Waals surface area contributed by atoms with Gasteiger partial charge in [-0.1, -0.05) is 39.0 Å². The first-order chi connectivity index (χ1) is 19.4. The van der Waals surface area contributed by atoms with Gasteiger partial charge in [-0.2, -0.15) is 0 Å². The molecule has 10 nitrogen and oxygen atoms in total. The molecule has 0 saturated carbocycles. The van der Waals surface area contributed by atoms with E-state index in [0.29, 0.717) is 38.6 Å². The van der Waals surface area contributed by atoms with Crippen molar-refractivity contribution in [3.8, 4) is 0 Å². The number of ether oxygens (including phenoxy) is 1. The summed E-state index contributed by atoms with van der Waals surface area (Å²) in [6.45, 7) is 11.3. The Bertz CT molecular complexity index is 1310. The third kappa shape index (κ3) is 6.86. The first-order valence-corrected chi connectivity index (χ1v) is 14.7.